The van der Waals surface area contributed by atoms with E-state index in [2.05, 4.69) is 17.0 Å². The van der Waals surface area contributed by atoms with Gasteiger partial charge < -0.3 is 4.90 Å². The standard InChI is InChI=1S/C24H27N5O2S/c1-27(2)21-12-8-18(9-13-21)16-25-28-23(19-10-14-22(15-11-19)29(30)31)17-32-24(28)26-20-6-4-3-5-7-20/h8-17,20H,3-7H2,1-2H3. The second-order valence-corrected chi connectivity index (χ2v) is 9.01. The maximum atomic E-state index is 11.0. The highest BCUT2D eigenvalue weighted by Crippen LogP contribution is 2.24. The SMILES string of the molecule is CN(C)c1ccc(C=Nn2c(-c3ccc([N+](=O)[O-])cc3)csc2=NC2CCCCC2)cc1. The number of non-ortho nitro benzene ring substituents is 1. The molecule has 2 aromatic carbocycles. The van der Waals surface area contributed by atoms with Gasteiger partial charge in [-0.05, 0) is 42.7 Å². The molecule has 1 saturated carbocycles. The summed E-state index contributed by atoms with van der Waals surface area (Å²) in [6, 6.07) is 15.1. The van der Waals surface area contributed by atoms with Crippen molar-refractivity contribution in [1.29, 1.82) is 0 Å². The van der Waals surface area contributed by atoms with Crippen molar-refractivity contribution in [2.45, 2.75) is 38.1 Å². The van der Waals surface area contributed by atoms with Gasteiger partial charge in [-0.3, -0.25) is 15.1 Å². The quantitative estimate of drug-likeness (QED) is 0.291. The predicted molar refractivity (Wildman–Crippen MR) is 131 cm³/mol. The number of aromatic nitrogens is 1. The van der Waals surface area contributed by atoms with Crippen LogP contribution in [-0.2, 0) is 0 Å². The van der Waals surface area contributed by atoms with E-state index in [9.17, 15) is 10.1 Å². The lowest BCUT2D eigenvalue weighted by Crippen LogP contribution is -2.19. The predicted octanol–water partition coefficient (Wildman–Crippen LogP) is 5.31. The van der Waals surface area contributed by atoms with Gasteiger partial charge in [0.25, 0.3) is 5.69 Å². The molecule has 0 N–H and O–H groups in total. The number of rotatable bonds is 6. The normalized spacial score (nSPS) is 15.4. The molecule has 8 heteroatoms. The average Bonchev–Trinajstić information content (AvgIpc) is 3.21. The van der Waals surface area contributed by atoms with Gasteiger partial charge in [-0.1, -0.05) is 31.4 Å². The first-order valence-electron chi connectivity index (χ1n) is 10.8. The highest BCUT2D eigenvalue weighted by atomic mass is 32.1. The maximum Gasteiger partial charge on any atom is 0.269 e. The molecule has 0 bridgehead atoms. The summed E-state index contributed by atoms with van der Waals surface area (Å²) in [4.78, 5) is 18.6. The summed E-state index contributed by atoms with van der Waals surface area (Å²) in [6.07, 6.45) is 7.78. The Hall–Kier alpha value is -3.26. The van der Waals surface area contributed by atoms with Crippen LogP contribution in [0.15, 0.2) is 64.0 Å². The van der Waals surface area contributed by atoms with E-state index in [1.165, 1.54) is 31.4 Å². The zero-order chi connectivity index (χ0) is 22.5. The van der Waals surface area contributed by atoms with Crippen LogP contribution in [0.2, 0.25) is 0 Å². The number of nitro groups is 1. The molecule has 4 rings (SSSR count). The van der Waals surface area contributed by atoms with E-state index in [1.807, 2.05) is 42.5 Å². The molecule has 1 aromatic heterocycles. The van der Waals surface area contributed by atoms with E-state index in [0.717, 1.165) is 40.2 Å². The van der Waals surface area contributed by atoms with Gasteiger partial charge in [-0.25, -0.2) is 4.68 Å². The molecule has 1 fully saturated rings. The summed E-state index contributed by atoms with van der Waals surface area (Å²) in [6.45, 7) is 0. The Morgan fingerprint density at radius 1 is 1.06 bits per heavy atom. The average molecular weight is 450 g/mol. The van der Waals surface area contributed by atoms with E-state index < -0.39 is 0 Å². The molecule has 0 atom stereocenters. The minimum absolute atomic E-state index is 0.0760. The maximum absolute atomic E-state index is 11.0. The zero-order valence-corrected chi connectivity index (χ0v) is 19.2. The molecule has 0 saturated heterocycles. The van der Waals surface area contributed by atoms with E-state index >= 15 is 0 Å². The summed E-state index contributed by atoms with van der Waals surface area (Å²) < 4.78 is 1.86. The Kier molecular flexibility index (Phi) is 6.80. The first-order valence-corrected chi connectivity index (χ1v) is 11.7. The third kappa shape index (κ3) is 5.13. The summed E-state index contributed by atoms with van der Waals surface area (Å²) in [5.74, 6) is 0. The van der Waals surface area contributed by atoms with Gasteiger partial charge in [0, 0.05) is 42.9 Å². The van der Waals surface area contributed by atoms with Crippen molar-refractivity contribution in [1.82, 2.24) is 4.68 Å². The van der Waals surface area contributed by atoms with Gasteiger partial charge >= 0.3 is 0 Å². The van der Waals surface area contributed by atoms with Gasteiger partial charge in [-0.15, -0.1) is 11.3 Å². The fraction of sp³-hybridized carbons (Fsp3) is 0.333. The Bertz CT molecular complexity index is 1150. The lowest BCUT2D eigenvalue weighted by molar-refractivity contribution is -0.384. The van der Waals surface area contributed by atoms with E-state index in [4.69, 9.17) is 10.1 Å². The fourth-order valence-electron chi connectivity index (χ4n) is 3.80. The van der Waals surface area contributed by atoms with Gasteiger partial charge in [0.2, 0.25) is 4.80 Å². The Morgan fingerprint density at radius 2 is 1.75 bits per heavy atom. The van der Waals surface area contributed by atoms with Crippen molar-refractivity contribution in [2.24, 2.45) is 10.1 Å². The molecule has 32 heavy (non-hydrogen) atoms. The van der Waals surface area contributed by atoms with Crippen LogP contribution in [0, 0.1) is 10.1 Å². The highest BCUT2D eigenvalue weighted by Gasteiger charge is 2.14. The molecular weight excluding hydrogens is 422 g/mol. The van der Waals surface area contributed by atoms with Gasteiger partial charge in [0.05, 0.1) is 22.9 Å². The Morgan fingerprint density at radius 3 is 2.38 bits per heavy atom. The number of nitro benzene ring substituents is 1. The van der Waals surface area contributed by atoms with E-state index in [0.29, 0.717) is 6.04 Å². The van der Waals surface area contributed by atoms with Crippen LogP contribution in [-0.4, -0.2) is 36.0 Å². The van der Waals surface area contributed by atoms with E-state index in [1.54, 1.807) is 23.5 Å². The first kappa shape index (κ1) is 22.0. The lowest BCUT2D eigenvalue weighted by Gasteiger charge is -2.16. The molecule has 1 aliphatic rings. The minimum Gasteiger partial charge on any atom is -0.378 e. The van der Waals surface area contributed by atoms with Crippen LogP contribution in [0.5, 0.6) is 0 Å². The molecule has 0 aliphatic heterocycles. The molecule has 1 aliphatic carbocycles. The highest BCUT2D eigenvalue weighted by molar-refractivity contribution is 7.07. The van der Waals surface area contributed by atoms with Crippen molar-refractivity contribution in [3.63, 3.8) is 0 Å². The summed E-state index contributed by atoms with van der Waals surface area (Å²) in [7, 11) is 4.03. The van der Waals surface area contributed by atoms with Crippen LogP contribution in [0.3, 0.4) is 0 Å². The molecule has 0 spiro atoms. The second kappa shape index (κ2) is 9.91. The van der Waals surface area contributed by atoms with Crippen molar-refractivity contribution < 1.29 is 4.92 Å². The Labute approximate surface area is 191 Å². The molecule has 0 amide bonds. The largest absolute Gasteiger partial charge is 0.378 e. The lowest BCUT2D eigenvalue weighted by atomic mass is 9.96. The van der Waals surface area contributed by atoms with Gasteiger partial charge in [-0.2, -0.15) is 5.10 Å². The monoisotopic (exact) mass is 449 g/mol. The number of anilines is 1. The van der Waals surface area contributed by atoms with E-state index in [-0.39, 0.29) is 10.6 Å². The molecule has 0 radical (unpaired) electrons. The minimum atomic E-state index is -0.384. The summed E-state index contributed by atoms with van der Waals surface area (Å²) in [5.41, 5.74) is 3.95. The topological polar surface area (TPSA) is 76.0 Å². The molecule has 1 heterocycles. The number of hydrogen-bond donors (Lipinski definition) is 0. The van der Waals surface area contributed by atoms with Crippen LogP contribution in [0.4, 0.5) is 11.4 Å². The van der Waals surface area contributed by atoms with Crippen LogP contribution in [0.1, 0.15) is 37.7 Å². The molecule has 0 unspecified atom stereocenters. The van der Waals surface area contributed by atoms with Crippen LogP contribution in [0.25, 0.3) is 11.3 Å². The van der Waals surface area contributed by atoms with Gasteiger partial charge in [0.15, 0.2) is 0 Å². The number of nitrogens with zero attached hydrogens (tertiary/aromatic N) is 5. The van der Waals surface area contributed by atoms with Gasteiger partial charge in [0.1, 0.15) is 0 Å². The van der Waals surface area contributed by atoms with Crippen molar-refractivity contribution >= 4 is 28.9 Å². The zero-order valence-electron chi connectivity index (χ0n) is 18.3. The van der Waals surface area contributed by atoms with Crippen LogP contribution < -0.4 is 9.70 Å². The fourth-order valence-corrected chi connectivity index (χ4v) is 4.71. The molecule has 166 valence electrons. The van der Waals surface area contributed by atoms with Crippen LogP contribution >= 0.6 is 11.3 Å². The number of benzene rings is 2. The molecule has 3 aromatic rings. The number of hydrogen-bond acceptors (Lipinski definition) is 6. The van der Waals surface area contributed by atoms with Crippen molar-refractivity contribution in [2.75, 3.05) is 19.0 Å². The molecule has 7 nitrogen and oxygen atoms in total. The third-order valence-corrected chi connectivity index (χ3v) is 6.49. The second-order valence-electron chi connectivity index (χ2n) is 8.17. The van der Waals surface area contributed by atoms with Crippen molar-refractivity contribution in [3.8, 4) is 11.3 Å². The smallest absolute Gasteiger partial charge is 0.269 e. The number of thiazole rings is 1. The first-order chi connectivity index (χ1) is 15.5. The third-order valence-electron chi connectivity index (χ3n) is 5.66. The molecular formula is C24H27N5O2S. The Balaban J connectivity index is 1.72. The van der Waals surface area contributed by atoms with Crippen molar-refractivity contribution in [3.05, 3.63) is 74.4 Å². The summed E-state index contributed by atoms with van der Waals surface area (Å²) >= 11 is 1.56. The summed E-state index contributed by atoms with van der Waals surface area (Å²) in [5, 5.41) is 17.8.